The number of rotatable bonds is 2. The number of H-pyrrole nitrogens is 1. The van der Waals surface area contributed by atoms with Crippen molar-refractivity contribution in [2.75, 3.05) is 11.5 Å². The summed E-state index contributed by atoms with van der Waals surface area (Å²) >= 11 is 0. The van der Waals surface area contributed by atoms with Gasteiger partial charge in [-0.15, -0.1) is 0 Å². The van der Waals surface area contributed by atoms with Gasteiger partial charge in [-0.05, 0) is 46.7 Å². The maximum absolute atomic E-state index is 6.07. The van der Waals surface area contributed by atoms with Gasteiger partial charge in [-0.25, -0.2) is 4.98 Å². The minimum absolute atomic E-state index is 0.493. The molecule has 0 aliphatic heterocycles. The maximum atomic E-state index is 6.07. The number of anilines is 2. The lowest BCUT2D eigenvalue weighted by Crippen LogP contribution is -1.95. The first-order valence-electron chi connectivity index (χ1n) is 8.83. The average Bonchev–Trinajstić information content (AvgIpc) is 3.14. The Kier molecular flexibility index (Phi) is 3.32. The summed E-state index contributed by atoms with van der Waals surface area (Å²) in [5.74, 6) is 0.805. The number of nitrogens with two attached hydrogens (primary N) is 3. The zero-order valence-corrected chi connectivity index (χ0v) is 14.7. The number of nitrogens with zero attached hydrogens (tertiary/aromatic N) is 1. The minimum atomic E-state index is 0.493. The topological polar surface area (TPSA) is 107 Å². The van der Waals surface area contributed by atoms with Crippen LogP contribution in [0.2, 0.25) is 0 Å². The Morgan fingerprint density at radius 1 is 0.778 bits per heavy atom. The highest BCUT2D eigenvalue weighted by Gasteiger charge is 2.14. The third kappa shape index (κ3) is 2.40. The molecule has 27 heavy (non-hydrogen) atoms. The van der Waals surface area contributed by atoms with E-state index in [4.69, 9.17) is 22.2 Å². The predicted molar refractivity (Wildman–Crippen MR) is 113 cm³/mol. The molecule has 0 bridgehead atoms. The fraction of sp³-hybridized carbons (Fsp3) is 0.0455. The van der Waals surface area contributed by atoms with Crippen LogP contribution in [0.5, 0.6) is 0 Å². The van der Waals surface area contributed by atoms with Crippen LogP contribution in [-0.4, -0.2) is 9.97 Å². The highest BCUT2D eigenvalue weighted by molar-refractivity contribution is 6.24. The molecule has 0 amide bonds. The second-order valence-electron chi connectivity index (χ2n) is 6.82. The van der Waals surface area contributed by atoms with Gasteiger partial charge in [0.25, 0.3) is 0 Å². The second kappa shape index (κ2) is 5.72. The smallest absolute Gasteiger partial charge is 0.138 e. The van der Waals surface area contributed by atoms with Crippen molar-refractivity contribution in [3.8, 4) is 11.4 Å². The van der Waals surface area contributed by atoms with E-state index >= 15 is 0 Å². The summed E-state index contributed by atoms with van der Waals surface area (Å²) in [5.41, 5.74) is 23.3. The lowest BCUT2D eigenvalue weighted by atomic mass is 9.99. The van der Waals surface area contributed by atoms with Crippen LogP contribution in [0, 0.1) is 0 Å². The molecule has 4 aromatic carbocycles. The number of benzene rings is 4. The van der Waals surface area contributed by atoms with Crippen LogP contribution in [0.25, 0.3) is 44.0 Å². The molecule has 0 unspecified atom stereocenters. The van der Waals surface area contributed by atoms with Crippen molar-refractivity contribution in [3.05, 3.63) is 66.2 Å². The van der Waals surface area contributed by atoms with Crippen molar-refractivity contribution >= 4 is 44.0 Å². The van der Waals surface area contributed by atoms with Crippen LogP contribution >= 0.6 is 0 Å². The first-order chi connectivity index (χ1) is 13.1. The van der Waals surface area contributed by atoms with Crippen LogP contribution in [0.1, 0.15) is 5.56 Å². The standard InChI is InChI=1S/C22H19N5/c23-11-12-2-1-3-13(8-12)22-26-20-18-9-14(24)4-6-16(18)17-7-5-15(25)10-19(17)21(20)27-22/h1-10H,11,23-25H2,(H,26,27). The van der Waals surface area contributed by atoms with E-state index in [1.807, 2.05) is 48.5 Å². The molecule has 5 rings (SSSR count). The summed E-state index contributed by atoms with van der Waals surface area (Å²) in [6, 6.07) is 20.0. The van der Waals surface area contributed by atoms with Crippen LogP contribution in [0.3, 0.4) is 0 Å². The molecule has 0 saturated heterocycles. The van der Waals surface area contributed by atoms with E-state index in [1.165, 1.54) is 0 Å². The number of aromatic amines is 1. The Hall–Kier alpha value is -3.57. The van der Waals surface area contributed by atoms with Gasteiger partial charge in [0.1, 0.15) is 5.82 Å². The van der Waals surface area contributed by atoms with Gasteiger partial charge in [-0.3, -0.25) is 0 Å². The molecule has 0 radical (unpaired) electrons. The molecule has 132 valence electrons. The highest BCUT2D eigenvalue weighted by Crippen LogP contribution is 2.37. The Balaban J connectivity index is 1.92. The van der Waals surface area contributed by atoms with Gasteiger partial charge in [0.2, 0.25) is 0 Å². The monoisotopic (exact) mass is 353 g/mol. The molecule has 5 aromatic rings. The largest absolute Gasteiger partial charge is 0.399 e. The predicted octanol–water partition coefficient (Wildman–Crippen LogP) is 4.16. The zero-order chi connectivity index (χ0) is 18.5. The molecular formula is C22H19N5. The van der Waals surface area contributed by atoms with E-state index in [0.29, 0.717) is 12.2 Å². The van der Waals surface area contributed by atoms with Gasteiger partial charge in [0.05, 0.1) is 11.0 Å². The van der Waals surface area contributed by atoms with Crippen LogP contribution in [-0.2, 0) is 6.54 Å². The first-order valence-corrected chi connectivity index (χ1v) is 8.83. The molecule has 0 saturated carbocycles. The van der Waals surface area contributed by atoms with Crippen LogP contribution in [0.4, 0.5) is 11.4 Å². The van der Waals surface area contributed by atoms with Crippen molar-refractivity contribution in [2.45, 2.75) is 6.54 Å². The third-order valence-corrected chi connectivity index (χ3v) is 5.04. The minimum Gasteiger partial charge on any atom is -0.399 e. The first kappa shape index (κ1) is 15.7. The van der Waals surface area contributed by atoms with E-state index in [2.05, 4.69) is 17.1 Å². The Morgan fingerprint density at radius 3 is 2.22 bits per heavy atom. The van der Waals surface area contributed by atoms with Gasteiger partial charge in [0, 0.05) is 34.3 Å². The summed E-state index contributed by atoms with van der Waals surface area (Å²) in [5, 5.41) is 4.31. The van der Waals surface area contributed by atoms with Crippen LogP contribution in [0.15, 0.2) is 60.7 Å². The normalized spacial score (nSPS) is 11.6. The number of nitrogens with one attached hydrogen (secondary N) is 1. The Bertz CT molecular complexity index is 1250. The molecule has 0 atom stereocenters. The van der Waals surface area contributed by atoms with Gasteiger partial charge in [-0.1, -0.05) is 30.3 Å². The Labute approximate surface area is 155 Å². The zero-order valence-electron chi connectivity index (χ0n) is 14.7. The van der Waals surface area contributed by atoms with Crippen molar-refractivity contribution in [1.82, 2.24) is 9.97 Å². The molecule has 1 heterocycles. The fourth-order valence-electron chi connectivity index (χ4n) is 3.74. The number of nitrogen functional groups attached to an aromatic ring is 2. The van der Waals surface area contributed by atoms with E-state index in [0.717, 1.165) is 55.2 Å². The molecule has 5 heteroatoms. The van der Waals surface area contributed by atoms with Gasteiger partial charge < -0.3 is 22.2 Å². The SMILES string of the molecule is NCc1cccc(-c2nc3c4cc(N)ccc4c4ccc(N)cc4c3[nH]2)c1. The van der Waals surface area contributed by atoms with E-state index in [1.54, 1.807) is 0 Å². The quantitative estimate of drug-likeness (QED) is 0.282. The number of fused-ring (bicyclic) bond motifs is 6. The molecule has 7 N–H and O–H groups in total. The Morgan fingerprint density at radius 2 is 1.48 bits per heavy atom. The third-order valence-electron chi connectivity index (χ3n) is 5.04. The average molecular weight is 353 g/mol. The summed E-state index contributed by atoms with van der Waals surface area (Å²) in [7, 11) is 0. The van der Waals surface area contributed by atoms with E-state index < -0.39 is 0 Å². The molecule has 0 aliphatic rings. The number of imidazole rings is 1. The van der Waals surface area contributed by atoms with Crippen molar-refractivity contribution < 1.29 is 0 Å². The van der Waals surface area contributed by atoms with Gasteiger partial charge >= 0.3 is 0 Å². The number of hydrogen-bond donors (Lipinski definition) is 4. The maximum Gasteiger partial charge on any atom is 0.138 e. The molecule has 0 fully saturated rings. The number of hydrogen-bond acceptors (Lipinski definition) is 4. The number of aromatic nitrogens is 2. The van der Waals surface area contributed by atoms with Crippen molar-refractivity contribution in [2.24, 2.45) is 5.73 Å². The summed E-state index contributed by atoms with van der Waals surface area (Å²) in [6.45, 7) is 0.493. The molecule has 0 spiro atoms. The summed E-state index contributed by atoms with van der Waals surface area (Å²) in [4.78, 5) is 8.41. The van der Waals surface area contributed by atoms with E-state index in [-0.39, 0.29) is 0 Å². The molecular weight excluding hydrogens is 334 g/mol. The van der Waals surface area contributed by atoms with E-state index in [9.17, 15) is 0 Å². The summed E-state index contributed by atoms with van der Waals surface area (Å²) < 4.78 is 0. The molecule has 1 aromatic heterocycles. The molecule has 5 nitrogen and oxygen atoms in total. The lowest BCUT2D eigenvalue weighted by Gasteiger charge is -2.07. The second-order valence-corrected chi connectivity index (χ2v) is 6.82. The van der Waals surface area contributed by atoms with Crippen molar-refractivity contribution in [1.29, 1.82) is 0 Å². The van der Waals surface area contributed by atoms with Crippen LogP contribution < -0.4 is 17.2 Å². The highest BCUT2D eigenvalue weighted by atomic mass is 14.9. The molecule has 0 aliphatic carbocycles. The summed E-state index contributed by atoms with van der Waals surface area (Å²) in [6.07, 6.45) is 0. The van der Waals surface area contributed by atoms with Gasteiger partial charge in [-0.2, -0.15) is 0 Å². The lowest BCUT2D eigenvalue weighted by molar-refractivity contribution is 1.07. The fourth-order valence-corrected chi connectivity index (χ4v) is 3.74. The van der Waals surface area contributed by atoms with Crippen molar-refractivity contribution in [3.63, 3.8) is 0 Å². The van der Waals surface area contributed by atoms with Gasteiger partial charge in [0.15, 0.2) is 0 Å².